The third-order valence-corrected chi connectivity index (χ3v) is 4.20. The minimum absolute atomic E-state index is 0.0752. The fourth-order valence-corrected chi connectivity index (χ4v) is 2.92. The van der Waals surface area contributed by atoms with Gasteiger partial charge in [-0.3, -0.25) is 0 Å². The molecule has 5 heteroatoms. The van der Waals surface area contributed by atoms with Crippen LogP contribution < -0.4 is 10.2 Å². The monoisotopic (exact) mass is 320 g/mol. The number of piperazine rings is 1. The molecule has 1 saturated heterocycles. The van der Waals surface area contributed by atoms with E-state index in [0.717, 1.165) is 30.0 Å². The zero-order chi connectivity index (χ0) is 16.9. The summed E-state index contributed by atoms with van der Waals surface area (Å²) < 4.78 is 0. The SMILES string of the molecule is Cc1cccc(NC(=O)N2CCN(c3ccccc3C#N)CC2)c1. The number of amides is 2. The number of rotatable bonds is 2. The Hall–Kier alpha value is -3.00. The highest BCUT2D eigenvalue weighted by atomic mass is 16.2. The molecule has 122 valence electrons. The van der Waals surface area contributed by atoms with E-state index in [1.54, 1.807) is 0 Å². The number of hydrogen-bond acceptors (Lipinski definition) is 3. The Bertz CT molecular complexity index is 773. The predicted octanol–water partition coefficient (Wildman–Crippen LogP) is 3.22. The lowest BCUT2D eigenvalue weighted by molar-refractivity contribution is 0.208. The van der Waals surface area contributed by atoms with Gasteiger partial charge in [0.1, 0.15) is 6.07 Å². The third-order valence-electron chi connectivity index (χ3n) is 4.20. The molecule has 1 aliphatic rings. The minimum Gasteiger partial charge on any atom is -0.367 e. The van der Waals surface area contributed by atoms with Crippen LogP contribution in [0.4, 0.5) is 16.2 Å². The van der Waals surface area contributed by atoms with Crippen molar-refractivity contribution in [2.75, 3.05) is 36.4 Å². The molecule has 0 bridgehead atoms. The molecule has 2 aromatic carbocycles. The molecule has 0 aliphatic carbocycles. The first kappa shape index (κ1) is 15.9. The number of nitriles is 1. The lowest BCUT2D eigenvalue weighted by Gasteiger charge is -2.36. The standard InChI is InChI=1S/C19H20N4O/c1-15-5-4-7-17(13-15)21-19(24)23-11-9-22(10-12-23)18-8-3-2-6-16(18)14-20/h2-8,13H,9-12H2,1H3,(H,21,24). The first-order valence-corrected chi connectivity index (χ1v) is 8.04. The number of hydrogen-bond donors (Lipinski definition) is 1. The summed E-state index contributed by atoms with van der Waals surface area (Å²) in [5.41, 5.74) is 3.55. The predicted molar refractivity (Wildman–Crippen MR) is 95.1 cm³/mol. The zero-order valence-corrected chi connectivity index (χ0v) is 13.7. The third kappa shape index (κ3) is 3.49. The van der Waals surface area contributed by atoms with Crippen molar-refractivity contribution in [3.63, 3.8) is 0 Å². The number of benzene rings is 2. The second-order valence-corrected chi connectivity index (χ2v) is 5.90. The highest BCUT2D eigenvalue weighted by Crippen LogP contribution is 2.21. The van der Waals surface area contributed by atoms with Crippen LogP contribution in [0.1, 0.15) is 11.1 Å². The second kappa shape index (κ2) is 7.05. The van der Waals surface area contributed by atoms with E-state index in [2.05, 4.69) is 16.3 Å². The molecule has 2 amide bonds. The lowest BCUT2D eigenvalue weighted by atomic mass is 10.1. The maximum atomic E-state index is 12.4. The van der Waals surface area contributed by atoms with Crippen molar-refractivity contribution < 1.29 is 4.79 Å². The van der Waals surface area contributed by atoms with Gasteiger partial charge in [-0.25, -0.2) is 4.79 Å². The molecule has 24 heavy (non-hydrogen) atoms. The number of urea groups is 1. The maximum absolute atomic E-state index is 12.4. The summed E-state index contributed by atoms with van der Waals surface area (Å²) >= 11 is 0. The van der Waals surface area contributed by atoms with Crippen molar-refractivity contribution in [1.82, 2.24) is 4.90 Å². The van der Waals surface area contributed by atoms with Gasteiger partial charge in [0.05, 0.1) is 11.3 Å². The molecule has 5 nitrogen and oxygen atoms in total. The number of aryl methyl sites for hydroxylation is 1. The quantitative estimate of drug-likeness (QED) is 0.924. The summed E-state index contributed by atoms with van der Waals surface area (Å²) in [6.45, 7) is 4.72. The van der Waals surface area contributed by atoms with Crippen LogP contribution >= 0.6 is 0 Å². The fourth-order valence-electron chi connectivity index (χ4n) is 2.92. The molecule has 0 atom stereocenters. The van der Waals surface area contributed by atoms with Gasteiger partial charge in [-0.05, 0) is 36.8 Å². The number of nitrogens with one attached hydrogen (secondary N) is 1. The zero-order valence-electron chi connectivity index (χ0n) is 13.7. The number of para-hydroxylation sites is 1. The summed E-state index contributed by atoms with van der Waals surface area (Å²) in [5, 5.41) is 12.2. The molecule has 1 aliphatic heterocycles. The van der Waals surface area contributed by atoms with E-state index in [1.807, 2.05) is 60.4 Å². The van der Waals surface area contributed by atoms with Crippen LogP contribution in [0.5, 0.6) is 0 Å². The van der Waals surface area contributed by atoms with Crippen molar-refractivity contribution in [2.45, 2.75) is 6.92 Å². The molecule has 0 aromatic heterocycles. The van der Waals surface area contributed by atoms with E-state index < -0.39 is 0 Å². The van der Waals surface area contributed by atoms with Crippen molar-refractivity contribution >= 4 is 17.4 Å². The molecule has 0 unspecified atom stereocenters. The number of carbonyl (C=O) groups excluding carboxylic acids is 1. The Kier molecular flexibility index (Phi) is 4.66. The normalized spacial score (nSPS) is 14.2. The lowest BCUT2D eigenvalue weighted by Crippen LogP contribution is -2.50. The van der Waals surface area contributed by atoms with Gasteiger partial charge in [0.25, 0.3) is 0 Å². The number of anilines is 2. The van der Waals surface area contributed by atoms with Gasteiger partial charge in [-0.1, -0.05) is 24.3 Å². The fraction of sp³-hybridized carbons (Fsp3) is 0.263. The van der Waals surface area contributed by atoms with Gasteiger partial charge in [-0.15, -0.1) is 0 Å². The van der Waals surface area contributed by atoms with Crippen molar-refractivity contribution in [3.05, 3.63) is 59.7 Å². The molecule has 1 fully saturated rings. The Labute approximate surface area is 142 Å². The van der Waals surface area contributed by atoms with Crippen LogP contribution in [0.2, 0.25) is 0 Å². The molecule has 0 saturated carbocycles. The molecule has 1 N–H and O–H groups in total. The Morgan fingerprint density at radius 3 is 2.54 bits per heavy atom. The van der Waals surface area contributed by atoms with E-state index in [1.165, 1.54) is 0 Å². The number of carbonyl (C=O) groups is 1. The van der Waals surface area contributed by atoms with E-state index in [4.69, 9.17) is 0 Å². The molecule has 1 heterocycles. The van der Waals surface area contributed by atoms with Crippen molar-refractivity contribution in [1.29, 1.82) is 5.26 Å². The first-order chi connectivity index (χ1) is 11.7. The summed E-state index contributed by atoms with van der Waals surface area (Å²) in [6.07, 6.45) is 0. The van der Waals surface area contributed by atoms with Gasteiger partial charge >= 0.3 is 6.03 Å². The van der Waals surface area contributed by atoms with Crippen LogP contribution in [-0.4, -0.2) is 37.1 Å². The number of nitrogens with zero attached hydrogens (tertiary/aromatic N) is 3. The summed E-state index contributed by atoms with van der Waals surface area (Å²) in [6, 6.07) is 17.5. The van der Waals surface area contributed by atoms with E-state index in [0.29, 0.717) is 18.7 Å². The molecule has 0 radical (unpaired) electrons. The smallest absolute Gasteiger partial charge is 0.321 e. The molecule has 0 spiro atoms. The Balaban J connectivity index is 1.61. The first-order valence-electron chi connectivity index (χ1n) is 8.04. The molecular weight excluding hydrogens is 300 g/mol. The topological polar surface area (TPSA) is 59.4 Å². The van der Waals surface area contributed by atoms with Crippen LogP contribution in [0, 0.1) is 18.3 Å². The van der Waals surface area contributed by atoms with Gasteiger partial charge in [0.15, 0.2) is 0 Å². The summed E-state index contributed by atoms with van der Waals surface area (Å²) in [4.78, 5) is 16.4. The molecular formula is C19H20N4O. The van der Waals surface area contributed by atoms with Gasteiger partial charge < -0.3 is 15.1 Å². The summed E-state index contributed by atoms with van der Waals surface area (Å²) in [5.74, 6) is 0. The average Bonchev–Trinajstić information content (AvgIpc) is 2.62. The Morgan fingerprint density at radius 2 is 1.83 bits per heavy atom. The van der Waals surface area contributed by atoms with Gasteiger partial charge in [0, 0.05) is 31.9 Å². The van der Waals surface area contributed by atoms with Gasteiger partial charge in [-0.2, -0.15) is 5.26 Å². The molecule has 2 aromatic rings. The maximum Gasteiger partial charge on any atom is 0.321 e. The van der Waals surface area contributed by atoms with E-state index in [-0.39, 0.29) is 6.03 Å². The molecule has 3 rings (SSSR count). The van der Waals surface area contributed by atoms with Crippen molar-refractivity contribution in [3.8, 4) is 6.07 Å². The van der Waals surface area contributed by atoms with Crippen LogP contribution in [0.3, 0.4) is 0 Å². The average molecular weight is 320 g/mol. The highest BCUT2D eigenvalue weighted by molar-refractivity contribution is 5.89. The van der Waals surface area contributed by atoms with E-state index >= 15 is 0 Å². The largest absolute Gasteiger partial charge is 0.367 e. The van der Waals surface area contributed by atoms with Crippen LogP contribution in [-0.2, 0) is 0 Å². The minimum atomic E-state index is -0.0752. The van der Waals surface area contributed by atoms with Gasteiger partial charge in [0.2, 0.25) is 0 Å². The summed E-state index contributed by atoms with van der Waals surface area (Å²) in [7, 11) is 0. The van der Waals surface area contributed by atoms with Crippen molar-refractivity contribution in [2.24, 2.45) is 0 Å². The second-order valence-electron chi connectivity index (χ2n) is 5.90. The van der Waals surface area contributed by atoms with Crippen LogP contribution in [0.25, 0.3) is 0 Å². The van der Waals surface area contributed by atoms with Crippen LogP contribution in [0.15, 0.2) is 48.5 Å². The Morgan fingerprint density at radius 1 is 1.08 bits per heavy atom. The van der Waals surface area contributed by atoms with E-state index in [9.17, 15) is 10.1 Å². The highest BCUT2D eigenvalue weighted by Gasteiger charge is 2.22.